The molecule has 1 saturated heterocycles. The molecule has 2 fully saturated rings. The molecule has 2 atom stereocenters. The van der Waals surface area contributed by atoms with E-state index in [1.807, 2.05) is 4.90 Å². The molecule has 1 saturated carbocycles. The highest BCUT2D eigenvalue weighted by Crippen LogP contribution is 2.39. The molecule has 3 rings (SSSR count). The Labute approximate surface area is 123 Å². The zero-order valence-electron chi connectivity index (χ0n) is 12.3. The van der Waals surface area contributed by atoms with Crippen LogP contribution in [0, 0.1) is 16.0 Å². The second-order valence-corrected chi connectivity index (χ2v) is 6.27. The first-order valence-electron chi connectivity index (χ1n) is 7.68. The molecule has 7 heteroatoms. The lowest BCUT2D eigenvalue weighted by Crippen LogP contribution is -2.38. The molecule has 1 aromatic rings. The van der Waals surface area contributed by atoms with Gasteiger partial charge in [0.1, 0.15) is 0 Å². The zero-order chi connectivity index (χ0) is 15.0. The van der Waals surface area contributed by atoms with Crippen LogP contribution >= 0.6 is 0 Å². The number of aliphatic hydroxyl groups is 1. The van der Waals surface area contributed by atoms with Crippen molar-refractivity contribution in [1.82, 2.24) is 9.55 Å². The van der Waals surface area contributed by atoms with Gasteiger partial charge in [-0.15, -0.1) is 0 Å². The number of aromatic nitrogens is 2. The Bertz CT molecular complexity index is 524. The highest BCUT2D eigenvalue weighted by molar-refractivity contribution is 5.56. The Balaban J connectivity index is 1.91. The molecule has 0 aromatic carbocycles. The number of rotatable bonds is 3. The van der Waals surface area contributed by atoms with E-state index in [2.05, 4.69) is 4.98 Å². The number of aryl methyl sites for hydroxylation is 1. The summed E-state index contributed by atoms with van der Waals surface area (Å²) < 4.78 is 1.70. The molecule has 0 radical (unpaired) electrons. The van der Waals surface area contributed by atoms with Crippen LogP contribution in [0.15, 0.2) is 6.33 Å². The SMILES string of the molecule is Cn1cnc([N+](=O)[O-])c1N1C[C@@H](O)C[C@H]1C1CCCCC1. The number of imidazole rings is 1. The minimum absolute atomic E-state index is 0.104. The quantitative estimate of drug-likeness (QED) is 0.679. The third kappa shape index (κ3) is 2.62. The summed E-state index contributed by atoms with van der Waals surface area (Å²) in [6.45, 7) is 0.460. The van der Waals surface area contributed by atoms with Gasteiger partial charge >= 0.3 is 5.82 Å². The number of nitrogens with zero attached hydrogens (tertiary/aromatic N) is 4. The van der Waals surface area contributed by atoms with Crippen molar-refractivity contribution in [2.24, 2.45) is 13.0 Å². The van der Waals surface area contributed by atoms with Gasteiger partial charge in [-0.3, -0.25) is 4.57 Å². The summed E-state index contributed by atoms with van der Waals surface area (Å²) in [6.07, 6.45) is 7.79. The van der Waals surface area contributed by atoms with E-state index in [1.165, 1.54) is 25.6 Å². The van der Waals surface area contributed by atoms with Gasteiger partial charge in [-0.25, -0.2) is 0 Å². The van der Waals surface area contributed by atoms with Crippen molar-refractivity contribution in [3.8, 4) is 0 Å². The molecule has 116 valence electrons. The van der Waals surface area contributed by atoms with E-state index in [-0.39, 0.29) is 11.9 Å². The van der Waals surface area contributed by atoms with E-state index in [0.29, 0.717) is 24.7 Å². The van der Waals surface area contributed by atoms with Crippen molar-refractivity contribution in [3.63, 3.8) is 0 Å². The van der Waals surface area contributed by atoms with E-state index in [9.17, 15) is 15.2 Å². The fraction of sp³-hybridized carbons (Fsp3) is 0.786. The van der Waals surface area contributed by atoms with E-state index < -0.39 is 11.0 Å². The molecule has 0 unspecified atom stereocenters. The molecular weight excluding hydrogens is 272 g/mol. The maximum atomic E-state index is 11.2. The van der Waals surface area contributed by atoms with Crippen LogP contribution in [-0.4, -0.2) is 38.3 Å². The molecule has 1 aliphatic carbocycles. The average molecular weight is 294 g/mol. The predicted molar refractivity (Wildman–Crippen MR) is 78.2 cm³/mol. The van der Waals surface area contributed by atoms with Gasteiger partial charge in [0, 0.05) is 19.6 Å². The topological polar surface area (TPSA) is 84.4 Å². The van der Waals surface area contributed by atoms with Gasteiger partial charge in [0.2, 0.25) is 12.1 Å². The van der Waals surface area contributed by atoms with E-state index in [0.717, 1.165) is 12.8 Å². The Hall–Kier alpha value is -1.63. The van der Waals surface area contributed by atoms with Crippen LogP contribution in [-0.2, 0) is 7.05 Å². The van der Waals surface area contributed by atoms with Crippen molar-refractivity contribution in [3.05, 3.63) is 16.4 Å². The minimum Gasteiger partial charge on any atom is -0.391 e. The molecule has 0 bridgehead atoms. The summed E-state index contributed by atoms with van der Waals surface area (Å²) in [5, 5.41) is 21.3. The van der Waals surface area contributed by atoms with Crippen molar-refractivity contribution in [2.45, 2.75) is 50.7 Å². The van der Waals surface area contributed by atoms with Crippen molar-refractivity contribution < 1.29 is 10.0 Å². The Morgan fingerprint density at radius 3 is 2.76 bits per heavy atom. The second kappa shape index (κ2) is 5.63. The number of nitro groups is 1. The van der Waals surface area contributed by atoms with E-state index in [4.69, 9.17) is 0 Å². The largest absolute Gasteiger partial charge is 0.406 e. The molecule has 0 amide bonds. The van der Waals surface area contributed by atoms with E-state index >= 15 is 0 Å². The number of anilines is 1. The Kier molecular flexibility index (Phi) is 3.84. The van der Waals surface area contributed by atoms with Crippen LogP contribution in [0.25, 0.3) is 0 Å². The van der Waals surface area contributed by atoms with Gasteiger partial charge in [0.25, 0.3) is 0 Å². The third-order valence-corrected chi connectivity index (χ3v) is 4.85. The van der Waals surface area contributed by atoms with Crippen LogP contribution in [0.1, 0.15) is 38.5 Å². The first-order chi connectivity index (χ1) is 10.1. The Morgan fingerprint density at radius 2 is 2.10 bits per heavy atom. The lowest BCUT2D eigenvalue weighted by atomic mass is 9.83. The molecule has 0 spiro atoms. The van der Waals surface area contributed by atoms with Gasteiger partial charge in [-0.1, -0.05) is 19.3 Å². The van der Waals surface area contributed by atoms with Crippen LogP contribution in [0.2, 0.25) is 0 Å². The van der Waals surface area contributed by atoms with Gasteiger partial charge < -0.3 is 20.1 Å². The fourth-order valence-corrected chi connectivity index (χ4v) is 3.92. The second-order valence-electron chi connectivity index (χ2n) is 6.27. The minimum atomic E-state index is -0.433. The molecule has 1 aliphatic heterocycles. The fourth-order valence-electron chi connectivity index (χ4n) is 3.92. The maximum Gasteiger partial charge on any atom is 0.406 e. The smallest absolute Gasteiger partial charge is 0.391 e. The Morgan fingerprint density at radius 1 is 1.38 bits per heavy atom. The van der Waals surface area contributed by atoms with Crippen molar-refractivity contribution >= 4 is 11.6 Å². The first-order valence-corrected chi connectivity index (χ1v) is 7.68. The molecule has 2 heterocycles. The summed E-state index contributed by atoms with van der Waals surface area (Å²) in [4.78, 5) is 16.7. The lowest BCUT2D eigenvalue weighted by molar-refractivity contribution is -0.388. The highest BCUT2D eigenvalue weighted by atomic mass is 16.6. The van der Waals surface area contributed by atoms with E-state index in [1.54, 1.807) is 11.6 Å². The lowest BCUT2D eigenvalue weighted by Gasteiger charge is -2.34. The van der Waals surface area contributed by atoms with Crippen LogP contribution in [0.5, 0.6) is 0 Å². The van der Waals surface area contributed by atoms with Gasteiger partial charge in [-0.05, 0) is 35.1 Å². The number of aliphatic hydroxyl groups excluding tert-OH is 1. The molecular formula is C14H22N4O3. The number of hydrogen-bond donors (Lipinski definition) is 1. The van der Waals surface area contributed by atoms with Crippen LogP contribution in [0.4, 0.5) is 11.6 Å². The molecule has 1 N–H and O–H groups in total. The normalized spacial score (nSPS) is 27.2. The van der Waals surface area contributed by atoms with Crippen molar-refractivity contribution in [2.75, 3.05) is 11.4 Å². The molecule has 7 nitrogen and oxygen atoms in total. The summed E-state index contributed by atoms with van der Waals surface area (Å²) in [6, 6.07) is 0.189. The van der Waals surface area contributed by atoms with Crippen molar-refractivity contribution in [1.29, 1.82) is 0 Å². The third-order valence-electron chi connectivity index (χ3n) is 4.85. The summed E-state index contributed by atoms with van der Waals surface area (Å²) >= 11 is 0. The summed E-state index contributed by atoms with van der Waals surface area (Å²) in [5.74, 6) is 0.949. The maximum absolute atomic E-state index is 11.2. The standard InChI is InChI=1S/C14H22N4O3/c1-16-9-15-13(18(20)21)14(16)17-8-11(19)7-12(17)10-5-3-2-4-6-10/h9-12,19H,2-8H2,1H3/t11-,12-/m0/s1. The highest BCUT2D eigenvalue weighted by Gasteiger charge is 2.41. The van der Waals surface area contributed by atoms with Gasteiger partial charge in [0.15, 0.2) is 0 Å². The average Bonchev–Trinajstić information content (AvgIpc) is 3.02. The van der Waals surface area contributed by atoms with Crippen LogP contribution in [0.3, 0.4) is 0 Å². The number of hydrogen-bond acceptors (Lipinski definition) is 5. The summed E-state index contributed by atoms with van der Waals surface area (Å²) in [5.41, 5.74) is 0. The van der Waals surface area contributed by atoms with Gasteiger partial charge in [-0.2, -0.15) is 0 Å². The van der Waals surface area contributed by atoms with Gasteiger partial charge in [0.05, 0.1) is 6.10 Å². The molecule has 2 aliphatic rings. The first kappa shape index (κ1) is 14.3. The molecule has 1 aromatic heterocycles. The predicted octanol–water partition coefficient (Wildman–Crippen LogP) is 1.85. The number of β-amino-alcohol motifs (C(OH)–C–C–N with tert-alkyl or cyclic N) is 1. The van der Waals surface area contributed by atoms with Crippen LogP contribution < -0.4 is 4.90 Å². The zero-order valence-corrected chi connectivity index (χ0v) is 12.3. The molecule has 21 heavy (non-hydrogen) atoms. The summed E-state index contributed by atoms with van der Waals surface area (Å²) in [7, 11) is 1.78. The monoisotopic (exact) mass is 294 g/mol.